The van der Waals surface area contributed by atoms with Crippen LogP contribution in [0.2, 0.25) is 0 Å². The Bertz CT molecular complexity index is 510. The Morgan fingerprint density at radius 2 is 1.75 bits per heavy atom. The summed E-state index contributed by atoms with van der Waals surface area (Å²) in [4.78, 5) is 0. The molecule has 1 aromatic rings. The van der Waals surface area contributed by atoms with Crippen LogP contribution in [0.15, 0.2) is 11.0 Å². The molecule has 4 bridgehead atoms. The number of nitrogens with zero attached hydrogens (tertiary/aromatic N) is 2. The van der Waals surface area contributed by atoms with Crippen LogP contribution < -0.4 is 5.73 Å². The van der Waals surface area contributed by atoms with Crippen LogP contribution in [0.1, 0.15) is 63.3 Å². The lowest BCUT2D eigenvalue weighted by Gasteiger charge is -2.57. The summed E-state index contributed by atoms with van der Waals surface area (Å²) in [6.07, 6.45) is 8.11. The molecular weight excluding hydrogens is 250 g/mol. The predicted octanol–water partition coefficient (Wildman–Crippen LogP) is 3.32. The molecule has 1 heterocycles. The van der Waals surface area contributed by atoms with Crippen LogP contribution in [0.4, 0.5) is 0 Å². The normalized spacial score (nSPS) is 40.0. The van der Waals surface area contributed by atoms with E-state index in [2.05, 4.69) is 16.8 Å². The van der Waals surface area contributed by atoms with Crippen LogP contribution in [0.5, 0.6) is 0 Å². The molecule has 20 heavy (non-hydrogen) atoms. The molecule has 4 saturated carbocycles. The average molecular weight is 273 g/mol. The van der Waals surface area contributed by atoms with E-state index in [4.69, 9.17) is 10.2 Å². The van der Waals surface area contributed by atoms with E-state index in [0.29, 0.717) is 11.8 Å². The van der Waals surface area contributed by atoms with Crippen molar-refractivity contribution in [3.05, 3.63) is 18.4 Å². The molecule has 4 heteroatoms. The number of allylic oxidation sites excluding steroid dienone is 1. The minimum Gasteiger partial charge on any atom is -0.419 e. The van der Waals surface area contributed by atoms with Crippen LogP contribution in [0.3, 0.4) is 0 Å². The molecular formula is C16H23N3O. The lowest BCUT2D eigenvalue weighted by Crippen LogP contribution is -2.46. The number of rotatable bonds is 3. The first kappa shape index (κ1) is 12.6. The van der Waals surface area contributed by atoms with E-state index in [1.807, 2.05) is 6.92 Å². The van der Waals surface area contributed by atoms with Gasteiger partial charge in [-0.25, -0.2) is 0 Å². The van der Waals surface area contributed by atoms with Crippen LogP contribution in [-0.2, 0) is 0 Å². The molecule has 4 nitrogen and oxygen atoms in total. The largest absolute Gasteiger partial charge is 0.419 e. The van der Waals surface area contributed by atoms with Gasteiger partial charge in [-0.3, -0.25) is 0 Å². The van der Waals surface area contributed by atoms with Gasteiger partial charge in [-0.05, 0) is 63.2 Å². The zero-order chi connectivity index (χ0) is 13.9. The van der Waals surface area contributed by atoms with E-state index in [9.17, 15) is 0 Å². The molecule has 5 rings (SSSR count). The molecule has 1 aromatic heterocycles. The third-order valence-corrected chi connectivity index (χ3v) is 5.77. The second-order valence-electron chi connectivity index (χ2n) is 7.41. The highest BCUT2D eigenvalue weighted by Crippen LogP contribution is 2.63. The van der Waals surface area contributed by atoms with Gasteiger partial charge in [0.15, 0.2) is 0 Å². The molecule has 0 spiro atoms. The third kappa shape index (κ3) is 1.77. The molecule has 4 fully saturated rings. The maximum Gasteiger partial charge on any atom is 0.243 e. The van der Waals surface area contributed by atoms with Crippen molar-refractivity contribution in [2.75, 3.05) is 0 Å². The smallest absolute Gasteiger partial charge is 0.243 e. The standard InChI is InChI=1S/C16H23N3O/c1-9(14-18-19-15(20-14)10(2)17)16-6-11-3-12(7-16)5-13(4-11)8-16/h10-13H,1,3-8,17H2,2H3. The van der Waals surface area contributed by atoms with Gasteiger partial charge < -0.3 is 10.2 Å². The van der Waals surface area contributed by atoms with E-state index in [-0.39, 0.29) is 11.5 Å². The highest BCUT2D eigenvalue weighted by atomic mass is 16.4. The van der Waals surface area contributed by atoms with Crippen molar-refractivity contribution in [1.82, 2.24) is 10.2 Å². The van der Waals surface area contributed by atoms with Crippen molar-refractivity contribution in [2.24, 2.45) is 28.9 Å². The topological polar surface area (TPSA) is 64.9 Å². The Balaban J connectivity index is 1.64. The van der Waals surface area contributed by atoms with Gasteiger partial charge in [-0.1, -0.05) is 6.58 Å². The number of nitrogens with two attached hydrogens (primary N) is 1. The first-order chi connectivity index (χ1) is 9.56. The first-order valence-corrected chi connectivity index (χ1v) is 7.84. The monoisotopic (exact) mass is 273 g/mol. The Labute approximate surface area is 119 Å². The Morgan fingerprint density at radius 1 is 1.20 bits per heavy atom. The second-order valence-corrected chi connectivity index (χ2v) is 7.41. The van der Waals surface area contributed by atoms with E-state index in [0.717, 1.165) is 23.3 Å². The van der Waals surface area contributed by atoms with Gasteiger partial charge in [0.25, 0.3) is 0 Å². The van der Waals surface area contributed by atoms with Crippen LogP contribution in [0.25, 0.3) is 5.57 Å². The Morgan fingerprint density at radius 3 is 2.20 bits per heavy atom. The summed E-state index contributed by atoms with van der Waals surface area (Å²) >= 11 is 0. The zero-order valence-corrected chi connectivity index (χ0v) is 12.1. The van der Waals surface area contributed by atoms with Crippen molar-refractivity contribution in [3.63, 3.8) is 0 Å². The van der Waals surface area contributed by atoms with Crippen molar-refractivity contribution in [3.8, 4) is 0 Å². The molecule has 1 atom stereocenters. The SMILES string of the molecule is C=C(c1nnc(C(C)N)o1)C12CC3CC(CC(C3)C1)C2. The van der Waals surface area contributed by atoms with Gasteiger partial charge in [0.1, 0.15) is 0 Å². The summed E-state index contributed by atoms with van der Waals surface area (Å²) in [6.45, 7) is 6.22. The summed E-state index contributed by atoms with van der Waals surface area (Å²) in [5.74, 6) is 3.83. The van der Waals surface area contributed by atoms with Crippen LogP contribution in [-0.4, -0.2) is 10.2 Å². The molecule has 2 N–H and O–H groups in total. The van der Waals surface area contributed by atoms with E-state index < -0.39 is 0 Å². The summed E-state index contributed by atoms with van der Waals surface area (Å²) in [5.41, 5.74) is 7.12. The zero-order valence-electron chi connectivity index (χ0n) is 12.1. The molecule has 108 valence electrons. The lowest BCUT2D eigenvalue weighted by atomic mass is 9.48. The highest BCUT2D eigenvalue weighted by molar-refractivity contribution is 5.62. The van der Waals surface area contributed by atoms with Crippen molar-refractivity contribution < 1.29 is 4.42 Å². The van der Waals surface area contributed by atoms with E-state index in [1.165, 1.54) is 38.5 Å². The third-order valence-electron chi connectivity index (χ3n) is 5.77. The van der Waals surface area contributed by atoms with Gasteiger partial charge in [0, 0.05) is 11.0 Å². The maximum atomic E-state index is 5.81. The molecule has 0 aromatic carbocycles. The number of hydrogen-bond acceptors (Lipinski definition) is 4. The van der Waals surface area contributed by atoms with Crippen molar-refractivity contribution in [1.29, 1.82) is 0 Å². The van der Waals surface area contributed by atoms with Gasteiger partial charge in [0.05, 0.1) is 6.04 Å². The molecule has 0 radical (unpaired) electrons. The van der Waals surface area contributed by atoms with Gasteiger partial charge >= 0.3 is 0 Å². The van der Waals surface area contributed by atoms with Gasteiger partial charge in [0.2, 0.25) is 11.8 Å². The molecule has 0 amide bonds. The summed E-state index contributed by atoms with van der Waals surface area (Å²) in [5, 5.41) is 8.26. The first-order valence-electron chi connectivity index (χ1n) is 7.84. The van der Waals surface area contributed by atoms with Crippen molar-refractivity contribution >= 4 is 5.57 Å². The van der Waals surface area contributed by atoms with E-state index in [1.54, 1.807) is 0 Å². The maximum absolute atomic E-state index is 5.81. The fourth-order valence-electron chi connectivity index (χ4n) is 5.25. The molecule has 4 aliphatic carbocycles. The number of hydrogen-bond donors (Lipinski definition) is 1. The molecule has 0 saturated heterocycles. The second kappa shape index (κ2) is 4.17. The Hall–Kier alpha value is -1.16. The highest BCUT2D eigenvalue weighted by Gasteiger charge is 2.53. The quantitative estimate of drug-likeness (QED) is 0.917. The Kier molecular flexibility index (Phi) is 2.62. The summed E-state index contributed by atoms with van der Waals surface area (Å²) in [6, 6.07) is -0.208. The summed E-state index contributed by atoms with van der Waals surface area (Å²) in [7, 11) is 0. The van der Waals surface area contributed by atoms with Crippen LogP contribution in [0, 0.1) is 23.2 Å². The van der Waals surface area contributed by atoms with Gasteiger partial charge in [-0.2, -0.15) is 0 Å². The lowest BCUT2D eigenvalue weighted by molar-refractivity contribution is -0.0185. The molecule has 1 unspecified atom stereocenters. The van der Waals surface area contributed by atoms with Crippen molar-refractivity contribution in [2.45, 2.75) is 51.5 Å². The molecule has 4 aliphatic rings. The minimum absolute atomic E-state index is 0.208. The molecule has 0 aliphatic heterocycles. The fourth-order valence-corrected chi connectivity index (χ4v) is 5.25. The van der Waals surface area contributed by atoms with Gasteiger partial charge in [-0.15, -0.1) is 10.2 Å². The predicted molar refractivity (Wildman–Crippen MR) is 76.5 cm³/mol. The fraction of sp³-hybridized carbons (Fsp3) is 0.750. The number of aromatic nitrogens is 2. The van der Waals surface area contributed by atoms with E-state index >= 15 is 0 Å². The average Bonchev–Trinajstić information content (AvgIpc) is 2.85. The minimum atomic E-state index is -0.208. The van der Waals surface area contributed by atoms with Crippen LogP contribution >= 0.6 is 0 Å². The summed E-state index contributed by atoms with van der Waals surface area (Å²) < 4.78 is 5.75.